The van der Waals surface area contributed by atoms with Gasteiger partial charge < -0.3 is 20.1 Å². The molecule has 0 aromatic heterocycles. The number of carbonyl (C=O) groups excluding carboxylic acids is 2. The maximum absolute atomic E-state index is 12.6. The third-order valence-electron chi connectivity index (χ3n) is 9.65. The zero-order chi connectivity index (χ0) is 38.9. The quantitative estimate of drug-likeness (QED) is 0.0269. The van der Waals surface area contributed by atoms with Crippen LogP contribution in [-0.2, 0) is 32.7 Å². The molecule has 2 atom stereocenters. The van der Waals surface area contributed by atoms with Gasteiger partial charge in [-0.25, -0.2) is 4.57 Å². The second-order valence-corrected chi connectivity index (χ2v) is 16.4. The van der Waals surface area contributed by atoms with Crippen LogP contribution in [0.25, 0.3) is 0 Å². The molecule has 0 fully saturated rings. The van der Waals surface area contributed by atoms with Crippen LogP contribution >= 0.6 is 7.82 Å². The minimum atomic E-state index is -4.37. The van der Waals surface area contributed by atoms with Crippen molar-refractivity contribution in [3.63, 3.8) is 0 Å². The molecule has 3 N–H and O–H groups in total. The van der Waals surface area contributed by atoms with Gasteiger partial charge >= 0.3 is 19.8 Å². The summed E-state index contributed by atoms with van der Waals surface area (Å²) in [5.74, 6) is -0.827. The highest BCUT2D eigenvalue weighted by molar-refractivity contribution is 7.47. The molecule has 0 aromatic rings. The number of hydrogen-bond acceptors (Lipinski definition) is 8. The molecule has 1 unspecified atom stereocenters. The van der Waals surface area contributed by atoms with Crippen LogP contribution in [0, 0.1) is 0 Å². The van der Waals surface area contributed by atoms with Crippen molar-refractivity contribution in [1.82, 2.24) is 0 Å². The standard InChI is InChI=1S/C43H84NO8P/c1-3-5-7-9-11-13-15-17-19-20-21-22-24-26-28-30-32-34-36-43(46)52-41(40-51-53(47,48)50-38-37-44)39-49-42(45)35-33-31-29-27-25-23-18-16-14-12-10-8-6-4-2/h16,18,41H,3-15,17,19-40,44H2,1-2H3,(H,47,48)/b18-16-/t41-/m1/s1. The van der Waals surface area contributed by atoms with Gasteiger partial charge in [0.25, 0.3) is 0 Å². The normalized spacial score (nSPS) is 13.4. The number of ether oxygens (including phenoxy) is 2. The van der Waals surface area contributed by atoms with Crippen LogP contribution in [0.15, 0.2) is 12.2 Å². The molecule has 9 nitrogen and oxygen atoms in total. The summed E-state index contributed by atoms with van der Waals surface area (Å²) in [6, 6.07) is 0. The van der Waals surface area contributed by atoms with E-state index < -0.39 is 26.5 Å². The molecule has 0 saturated carbocycles. The highest BCUT2D eigenvalue weighted by Gasteiger charge is 2.26. The van der Waals surface area contributed by atoms with E-state index in [1.165, 1.54) is 135 Å². The van der Waals surface area contributed by atoms with Gasteiger partial charge in [0.15, 0.2) is 6.10 Å². The summed E-state index contributed by atoms with van der Waals surface area (Å²) in [5.41, 5.74) is 5.35. The van der Waals surface area contributed by atoms with E-state index >= 15 is 0 Å². The highest BCUT2D eigenvalue weighted by Crippen LogP contribution is 2.43. The van der Waals surface area contributed by atoms with Crippen LogP contribution in [0.2, 0.25) is 0 Å². The van der Waals surface area contributed by atoms with E-state index in [-0.39, 0.29) is 38.6 Å². The molecule has 0 amide bonds. The van der Waals surface area contributed by atoms with Crippen molar-refractivity contribution in [1.29, 1.82) is 0 Å². The number of esters is 2. The van der Waals surface area contributed by atoms with Crippen molar-refractivity contribution in [3.8, 4) is 0 Å². The fraction of sp³-hybridized carbons (Fsp3) is 0.907. The molecular formula is C43H84NO8P. The largest absolute Gasteiger partial charge is 0.472 e. The molecule has 0 spiro atoms. The maximum Gasteiger partial charge on any atom is 0.472 e. The molecule has 0 radical (unpaired) electrons. The average Bonchev–Trinajstić information content (AvgIpc) is 3.14. The summed E-state index contributed by atoms with van der Waals surface area (Å²) in [6.07, 6.45) is 40.9. The minimum Gasteiger partial charge on any atom is -0.462 e. The van der Waals surface area contributed by atoms with Gasteiger partial charge in [-0.15, -0.1) is 0 Å². The lowest BCUT2D eigenvalue weighted by molar-refractivity contribution is -0.161. The number of carbonyl (C=O) groups is 2. The fourth-order valence-electron chi connectivity index (χ4n) is 6.34. The van der Waals surface area contributed by atoms with E-state index in [1.54, 1.807) is 0 Å². The smallest absolute Gasteiger partial charge is 0.462 e. The van der Waals surface area contributed by atoms with Crippen LogP contribution in [0.4, 0.5) is 0 Å². The lowest BCUT2D eigenvalue weighted by Crippen LogP contribution is -2.29. The Kier molecular flexibility index (Phi) is 39.5. The van der Waals surface area contributed by atoms with E-state index in [0.717, 1.165) is 51.4 Å². The molecule has 0 aromatic carbocycles. The summed E-state index contributed by atoms with van der Waals surface area (Å²) < 4.78 is 32.8. The number of unbranched alkanes of at least 4 members (excludes halogenated alkanes) is 27. The molecule has 0 aliphatic rings. The van der Waals surface area contributed by atoms with E-state index in [1.807, 2.05) is 0 Å². The Morgan fingerprint density at radius 3 is 1.34 bits per heavy atom. The SMILES string of the molecule is CCCCCCC/C=C\CCCCCCCC(=O)OC[C@H](COP(=O)(O)OCCN)OC(=O)CCCCCCCCCCCCCCCCCCCC. The minimum absolute atomic E-state index is 0.0552. The second-order valence-electron chi connectivity index (χ2n) is 14.9. The Hall–Kier alpha value is -1.25. The Morgan fingerprint density at radius 1 is 0.547 bits per heavy atom. The third kappa shape index (κ3) is 40.2. The number of allylic oxidation sites excluding steroid dienone is 2. The highest BCUT2D eigenvalue weighted by atomic mass is 31.2. The van der Waals surface area contributed by atoms with Gasteiger partial charge in [-0.2, -0.15) is 0 Å². The van der Waals surface area contributed by atoms with Crippen LogP contribution < -0.4 is 5.73 Å². The van der Waals surface area contributed by atoms with E-state index in [2.05, 4.69) is 26.0 Å². The van der Waals surface area contributed by atoms with Crippen LogP contribution in [0.1, 0.15) is 219 Å². The molecule has 53 heavy (non-hydrogen) atoms. The predicted octanol–water partition coefficient (Wildman–Crippen LogP) is 12.6. The lowest BCUT2D eigenvalue weighted by atomic mass is 10.0. The number of phosphoric ester groups is 1. The maximum atomic E-state index is 12.6. The van der Waals surface area contributed by atoms with Gasteiger partial charge in [0.05, 0.1) is 13.2 Å². The summed E-state index contributed by atoms with van der Waals surface area (Å²) >= 11 is 0. The second kappa shape index (κ2) is 40.4. The van der Waals surface area contributed by atoms with Gasteiger partial charge in [0, 0.05) is 19.4 Å². The Morgan fingerprint density at radius 2 is 0.925 bits per heavy atom. The number of rotatable bonds is 42. The first-order valence-electron chi connectivity index (χ1n) is 22.2. The van der Waals surface area contributed by atoms with Crippen molar-refractivity contribution >= 4 is 19.8 Å². The molecule has 0 aliphatic carbocycles. The Balaban J connectivity index is 4.11. The van der Waals surface area contributed by atoms with Crippen molar-refractivity contribution in [2.75, 3.05) is 26.4 Å². The number of phosphoric acid groups is 1. The van der Waals surface area contributed by atoms with Crippen LogP contribution in [0.3, 0.4) is 0 Å². The molecular weight excluding hydrogens is 689 g/mol. The topological polar surface area (TPSA) is 134 Å². The molecule has 0 rings (SSSR count). The third-order valence-corrected chi connectivity index (χ3v) is 10.6. The molecule has 0 bridgehead atoms. The van der Waals surface area contributed by atoms with Gasteiger partial charge in [-0.05, 0) is 38.5 Å². The lowest BCUT2D eigenvalue weighted by Gasteiger charge is -2.19. The number of hydrogen-bond donors (Lipinski definition) is 2. The van der Waals surface area contributed by atoms with Gasteiger partial charge in [0.1, 0.15) is 6.61 Å². The fourth-order valence-corrected chi connectivity index (χ4v) is 7.10. The molecule has 0 heterocycles. The summed E-state index contributed by atoms with van der Waals surface area (Å²) in [5, 5.41) is 0. The Bertz CT molecular complexity index is 886. The number of nitrogens with two attached hydrogens (primary N) is 1. The van der Waals surface area contributed by atoms with Crippen LogP contribution in [-0.4, -0.2) is 49.3 Å². The first kappa shape index (κ1) is 51.8. The molecule has 10 heteroatoms. The van der Waals surface area contributed by atoms with Crippen molar-refractivity contribution in [2.45, 2.75) is 225 Å². The van der Waals surface area contributed by atoms with Crippen LogP contribution in [0.5, 0.6) is 0 Å². The molecule has 0 saturated heterocycles. The monoisotopic (exact) mass is 774 g/mol. The predicted molar refractivity (Wildman–Crippen MR) is 220 cm³/mol. The first-order chi connectivity index (χ1) is 25.8. The van der Waals surface area contributed by atoms with Gasteiger partial charge in [-0.1, -0.05) is 180 Å². The molecule has 314 valence electrons. The van der Waals surface area contributed by atoms with Gasteiger partial charge in [-0.3, -0.25) is 18.6 Å². The Labute approximate surface area is 326 Å². The van der Waals surface area contributed by atoms with E-state index in [0.29, 0.717) is 6.42 Å². The van der Waals surface area contributed by atoms with Crippen molar-refractivity contribution in [2.24, 2.45) is 5.73 Å². The zero-order valence-corrected chi connectivity index (χ0v) is 35.4. The van der Waals surface area contributed by atoms with E-state index in [4.69, 9.17) is 24.3 Å². The summed E-state index contributed by atoms with van der Waals surface area (Å²) in [4.78, 5) is 34.9. The molecule has 0 aliphatic heterocycles. The van der Waals surface area contributed by atoms with Crippen molar-refractivity contribution in [3.05, 3.63) is 12.2 Å². The van der Waals surface area contributed by atoms with Gasteiger partial charge in [0.2, 0.25) is 0 Å². The van der Waals surface area contributed by atoms with Crippen molar-refractivity contribution < 1.29 is 37.6 Å². The average molecular weight is 774 g/mol. The first-order valence-corrected chi connectivity index (χ1v) is 23.7. The summed E-state index contributed by atoms with van der Waals surface area (Å²) in [7, 11) is -4.37. The summed E-state index contributed by atoms with van der Waals surface area (Å²) in [6.45, 7) is 3.74. The zero-order valence-electron chi connectivity index (χ0n) is 34.5. The van der Waals surface area contributed by atoms with E-state index in [9.17, 15) is 19.0 Å².